The summed E-state index contributed by atoms with van der Waals surface area (Å²) in [7, 11) is 0. The van der Waals surface area contributed by atoms with Gasteiger partial charge in [-0.1, -0.05) is 12.1 Å². The van der Waals surface area contributed by atoms with E-state index < -0.39 is 9.85 Å². The fraction of sp³-hybridized carbons (Fsp3) is 0.0769. The lowest BCUT2D eigenvalue weighted by Crippen LogP contribution is -2.00. The maximum absolute atomic E-state index is 10.5. The molecular formula is C13H14N6O4. The number of fused-ring (bicyclic) bond motifs is 1. The molecule has 0 aliphatic carbocycles. The molecule has 0 bridgehead atoms. The van der Waals surface area contributed by atoms with Gasteiger partial charge < -0.3 is 22.1 Å². The Labute approximate surface area is 130 Å². The number of nitrogens with two attached hydrogens (primary N) is 2. The van der Waals surface area contributed by atoms with E-state index in [9.17, 15) is 20.2 Å². The molecule has 2 aromatic carbocycles. The van der Waals surface area contributed by atoms with E-state index in [0.717, 1.165) is 5.69 Å². The van der Waals surface area contributed by atoms with Crippen LogP contribution in [0, 0.1) is 20.2 Å². The van der Waals surface area contributed by atoms with Crippen molar-refractivity contribution in [3.8, 4) is 0 Å². The minimum absolute atomic E-state index is 0.0255. The highest BCUT2D eigenvalue weighted by molar-refractivity contribution is 5.81. The summed E-state index contributed by atoms with van der Waals surface area (Å²) in [5, 5.41) is 26.6. The lowest BCUT2D eigenvalue weighted by molar-refractivity contribution is -0.384. The summed E-state index contributed by atoms with van der Waals surface area (Å²) in [6, 6.07) is 9.27. The number of anilines is 4. The van der Waals surface area contributed by atoms with E-state index in [2.05, 4.69) is 10.6 Å². The Bertz CT molecular complexity index is 764. The minimum atomic E-state index is -0.564. The van der Waals surface area contributed by atoms with Crippen molar-refractivity contribution in [1.82, 2.24) is 0 Å². The van der Waals surface area contributed by atoms with Crippen molar-refractivity contribution in [2.45, 2.75) is 0 Å². The first-order valence-electron chi connectivity index (χ1n) is 6.45. The summed E-state index contributed by atoms with van der Waals surface area (Å²) in [5.41, 5.74) is 12.3. The average molecular weight is 318 g/mol. The Hall–Kier alpha value is -3.56. The van der Waals surface area contributed by atoms with Gasteiger partial charge in [-0.15, -0.1) is 0 Å². The summed E-state index contributed by atoms with van der Waals surface area (Å²) in [4.78, 5) is 19.8. The zero-order chi connectivity index (χ0) is 17.0. The van der Waals surface area contributed by atoms with Crippen molar-refractivity contribution in [3.63, 3.8) is 0 Å². The van der Waals surface area contributed by atoms with Gasteiger partial charge in [0.1, 0.15) is 11.4 Å². The number of rotatable bonds is 2. The number of nitro benzene ring substituents is 2. The molecule has 0 atom stereocenters. The summed E-state index contributed by atoms with van der Waals surface area (Å²) in [6.07, 6.45) is 0. The van der Waals surface area contributed by atoms with Gasteiger partial charge in [-0.05, 0) is 12.1 Å². The van der Waals surface area contributed by atoms with Crippen LogP contribution >= 0.6 is 0 Å². The van der Waals surface area contributed by atoms with Gasteiger partial charge >= 0.3 is 0 Å². The second-order valence-corrected chi connectivity index (χ2v) is 4.52. The zero-order valence-corrected chi connectivity index (χ0v) is 11.9. The van der Waals surface area contributed by atoms with Crippen LogP contribution in [0.3, 0.4) is 0 Å². The van der Waals surface area contributed by atoms with E-state index in [1.807, 2.05) is 6.07 Å². The topological polar surface area (TPSA) is 162 Å². The largest absolute Gasteiger partial charge is 0.397 e. The van der Waals surface area contributed by atoms with E-state index in [1.165, 1.54) is 24.3 Å². The third-order valence-corrected chi connectivity index (χ3v) is 3.10. The molecule has 1 heterocycles. The SMILES string of the molecule is Nc1cccc([N+](=O)[O-])c1N.O=[N+]([O-])c1cccc2c1NCN2. The Kier molecular flexibility index (Phi) is 4.45. The van der Waals surface area contributed by atoms with Gasteiger partial charge in [0.2, 0.25) is 0 Å². The van der Waals surface area contributed by atoms with Crippen LogP contribution in [-0.2, 0) is 0 Å². The first-order valence-corrected chi connectivity index (χ1v) is 6.45. The average Bonchev–Trinajstić information content (AvgIpc) is 2.98. The lowest BCUT2D eigenvalue weighted by Gasteiger charge is -1.98. The van der Waals surface area contributed by atoms with Crippen LogP contribution in [0.4, 0.5) is 34.1 Å². The summed E-state index contributed by atoms with van der Waals surface area (Å²) >= 11 is 0. The first-order chi connectivity index (χ1) is 10.9. The fourth-order valence-corrected chi connectivity index (χ4v) is 1.98. The Morgan fingerprint density at radius 1 is 0.913 bits per heavy atom. The summed E-state index contributed by atoms with van der Waals surface area (Å²) in [6.45, 7) is 0.556. The van der Waals surface area contributed by atoms with Gasteiger partial charge in [0.15, 0.2) is 0 Å². The number of para-hydroxylation sites is 2. The predicted octanol–water partition coefficient (Wildman–Crippen LogP) is 2.15. The molecule has 6 N–H and O–H groups in total. The molecule has 0 spiro atoms. The lowest BCUT2D eigenvalue weighted by atomic mass is 10.2. The molecule has 0 unspecified atom stereocenters. The number of nitro groups is 2. The highest BCUT2D eigenvalue weighted by atomic mass is 16.6. The van der Waals surface area contributed by atoms with Crippen molar-refractivity contribution < 1.29 is 9.85 Å². The second kappa shape index (κ2) is 6.47. The van der Waals surface area contributed by atoms with Gasteiger partial charge in [0.05, 0.1) is 27.9 Å². The van der Waals surface area contributed by atoms with Crippen molar-refractivity contribution >= 4 is 34.1 Å². The standard InChI is InChI=1S/C7H7N3O2.C6H7N3O2/c11-10(12)6-3-1-2-5-7(6)9-4-8-5;7-4-2-1-3-5(6(4)8)9(10)11/h1-3,8-9H,4H2;1-3H,7-8H2. The maximum atomic E-state index is 10.5. The number of hydrogen-bond acceptors (Lipinski definition) is 8. The molecule has 0 saturated carbocycles. The molecular weight excluding hydrogens is 304 g/mol. The Balaban J connectivity index is 0.000000168. The van der Waals surface area contributed by atoms with Crippen LogP contribution < -0.4 is 22.1 Å². The molecule has 120 valence electrons. The van der Waals surface area contributed by atoms with Crippen LogP contribution in [0.1, 0.15) is 0 Å². The molecule has 0 amide bonds. The third-order valence-electron chi connectivity index (χ3n) is 3.10. The van der Waals surface area contributed by atoms with Gasteiger partial charge in [-0.25, -0.2) is 0 Å². The van der Waals surface area contributed by atoms with E-state index in [0.29, 0.717) is 12.4 Å². The molecule has 0 aromatic heterocycles. The maximum Gasteiger partial charge on any atom is 0.294 e. The number of nitrogens with zero attached hydrogens (tertiary/aromatic N) is 2. The molecule has 2 aromatic rings. The molecule has 0 saturated heterocycles. The summed E-state index contributed by atoms with van der Waals surface area (Å²) < 4.78 is 0. The second-order valence-electron chi connectivity index (χ2n) is 4.52. The fourth-order valence-electron chi connectivity index (χ4n) is 1.98. The number of nitrogen functional groups attached to an aromatic ring is 2. The van der Waals surface area contributed by atoms with E-state index >= 15 is 0 Å². The van der Waals surface area contributed by atoms with Crippen molar-refractivity contribution in [2.75, 3.05) is 28.8 Å². The smallest absolute Gasteiger partial charge is 0.294 e. The number of nitrogens with one attached hydrogen (secondary N) is 2. The molecule has 1 aliphatic heterocycles. The van der Waals surface area contributed by atoms with Crippen LogP contribution in [0.2, 0.25) is 0 Å². The summed E-state index contributed by atoms with van der Waals surface area (Å²) in [5.74, 6) is 0. The predicted molar refractivity (Wildman–Crippen MR) is 87.1 cm³/mol. The molecule has 0 fully saturated rings. The number of hydrogen-bond donors (Lipinski definition) is 4. The minimum Gasteiger partial charge on any atom is -0.397 e. The van der Waals surface area contributed by atoms with E-state index in [4.69, 9.17) is 11.5 Å². The molecule has 10 nitrogen and oxygen atoms in total. The van der Waals surface area contributed by atoms with Gasteiger partial charge in [-0.3, -0.25) is 20.2 Å². The highest BCUT2D eigenvalue weighted by Crippen LogP contribution is 2.34. The number of benzene rings is 2. The van der Waals surface area contributed by atoms with Crippen LogP contribution in [-0.4, -0.2) is 16.5 Å². The molecule has 0 radical (unpaired) electrons. The van der Waals surface area contributed by atoms with Gasteiger partial charge in [0, 0.05) is 12.1 Å². The van der Waals surface area contributed by atoms with Crippen LogP contribution in [0.15, 0.2) is 36.4 Å². The third kappa shape index (κ3) is 3.37. The molecule has 10 heteroatoms. The van der Waals surface area contributed by atoms with Crippen LogP contribution in [0.5, 0.6) is 0 Å². The Morgan fingerprint density at radius 3 is 2.13 bits per heavy atom. The quantitative estimate of drug-likeness (QED) is 0.371. The van der Waals surface area contributed by atoms with E-state index in [-0.39, 0.29) is 22.7 Å². The van der Waals surface area contributed by atoms with Crippen molar-refractivity contribution in [2.24, 2.45) is 0 Å². The first kappa shape index (κ1) is 15.8. The zero-order valence-electron chi connectivity index (χ0n) is 11.9. The highest BCUT2D eigenvalue weighted by Gasteiger charge is 2.20. The molecule has 3 rings (SSSR count). The normalized spacial score (nSPS) is 11.3. The van der Waals surface area contributed by atoms with Crippen molar-refractivity contribution in [1.29, 1.82) is 0 Å². The van der Waals surface area contributed by atoms with E-state index in [1.54, 1.807) is 6.07 Å². The van der Waals surface area contributed by atoms with Crippen LogP contribution in [0.25, 0.3) is 0 Å². The molecule has 1 aliphatic rings. The molecule has 23 heavy (non-hydrogen) atoms. The Morgan fingerprint density at radius 2 is 1.52 bits per heavy atom. The van der Waals surface area contributed by atoms with Crippen molar-refractivity contribution in [3.05, 3.63) is 56.6 Å². The van der Waals surface area contributed by atoms with Gasteiger partial charge in [0.25, 0.3) is 11.4 Å². The van der Waals surface area contributed by atoms with Gasteiger partial charge in [-0.2, -0.15) is 0 Å². The monoisotopic (exact) mass is 318 g/mol.